The number of hydrogen-bond acceptors (Lipinski definition) is 6. The number of esters is 2. The van der Waals surface area contributed by atoms with Crippen LogP contribution in [0.4, 0.5) is 0 Å². The first-order valence-corrected chi connectivity index (χ1v) is 10.9. The third-order valence-electron chi connectivity index (χ3n) is 7.19. The molecule has 5 atom stereocenters. The zero-order valence-corrected chi connectivity index (χ0v) is 19.9. The average Bonchev–Trinajstić information content (AvgIpc) is 2.88. The van der Waals surface area contributed by atoms with Crippen molar-refractivity contribution in [2.45, 2.75) is 86.0 Å². The number of aliphatic hydroxyl groups is 1. The average molecular weight is 433 g/mol. The van der Waals surface area contributed by atoms with Gasteiger partial charge in [-0.1, -0.05) is 31.6 Å². The number of ketones is 1. The summed E-state index contributed by atoms with van der Waals surface area (Å²) in [6, 6.07) is 0. The maximum absolute atomic E-state index is 13.4. The summed E-state index contributed by atoms with van der Waals surface area (Å²) in [4.78, 5) is 38.7. The normalized spacial score (nSPS) is 34.2. The van der Waals surface area contributed by atoms with Gasteiger partial charge in [0, 0.05) is 29.9 Å². The van der Waals surface area contributed by atoms with Crippen LogP contribution in [0, 0.1) is 17.3 Å². The van der Waals surface area contributed by atoms with Crippen LogP contribution in [0.3, 0.4) is 0 Å². The van der Waals surface area contributed by atoms with E-state index >= 15 is 0 Å². The molecule has 2 aliphatic rings. The quantitative estimate of drug-likeness (QED) is 0.520. The summed E-state index contributed by atoms with van der Waals surface area (Å²) in [5.74, 6) is -2.19. The van der Waals surface area contributed by atoms with Gasteiger partial charge in [-0.25, -0.2) is 9.59 Å². The minimum absolute atomic E-state index is 0.101. The second kappa shape index (κ2) is 9.11. The van der Waals surface area contributed by atoms with E-state index in [4.69, 9.17) is 9.47 Å². The lowest BCUT2D eigenvalue weighted by Crippen LogP contribution is -2.53. The molecule has 1 saturated carbocycles. The van der Waals surface area contributed by atoms with Crippen molar-refractivity contribution in [3.63, 3.8) is 0 Å². The van der Waals surface area contributed by atoms with E-state index in [1.165, 1.54) is 0 Å². The van der Waals surface area contributed by atoms with E-state index in [2.05, 4.69) is 0 Å². The Bertz CT molecular complexity index is 848. The van der Waals surface area contributed by atoms with Crippen LogP contribution in [0.15, 0.2) is 34.9 Å². The van der Waals surface area contributed by atoms with Gasteiger partial charge in [-0.2, -0.15) is 0 Å². The lowest BCUT2D eigenvalue weighted by atomic mass is 9.66. The molecule has 172 valence electrons. The van der Waals surface area contributed by atoms with E-state index in [0.29, 0.717) is 17.6 Å². The Kier molecular flexibility index (Phi) is 7.36. The van der Waals surface area contributed by atoms with Crippen LogP contribution in [0.2, 0.25) is 0 Å². The summed E-state index contributed by atoms with van der Waals surface area (Å²) in [6.07, 6.45) is 3.72. The lowest BCUT2D eigenvalue weighted by molar-refractivity contribution is -0.168. The SMILES string of the molecule is C/C=C(/C)C(=O)O[C@H]1C[C@](O)(C(C)C)[C@H]2[C@H](OC(=O)/C(C)=C\C)CC(C)=CC(=O)[C@]12C. The van der Waals surface area contributed by atoms with E-state index in [9.17, 15) is 19.5 Å². The molecule has 1 N–H and O–H groups in total. The molecule has 1 fully saturated rings. The van der Waals surface area contributed by atoms with Gasteiger partial charge in [-0.05, 0) is 53.5 Å². The largest absolute Gasteiger partial charge is 0.458 e. The summed E-state index contributed by atoms with van der Waals surface area (Å²) >= 11 is 0. The van der Waals surface area contributed by atoms with Crippen molar-refractivity contribution < 1.29 is 29.0 Å². The van der Waals surface area contributed by atoms with Crippen LogP contribution in [0.1, 0.15) is 68.2 Å². The standard InChI is InChI=1S/C25H36O6/c1-9-16(6)22(27)30-18-11-15(5)12-19(26)24(8)20(31-23(28)17(7)10-2)13-25(29,14(3)4)21(18)24/h9-10,12,14,18,20-21,29H,11,13H2,1-8H3/b16-9-,17-10-/t18-,20+,21+,24-,25+/m1/s1. The molecule has 0 amide bonds. The molecule has 0 aromatic heterocycles. The fourth-order valence-electron chi connectivity index (χ4n) is 4.81. The van der Waals surface area contributed by atoms with Gasteiger partial charge in [0.2, 0.25) is 0 Å². The smallest absolute Gasteiger partial charge is 0.333 e. The van der Waals surface area contributed by atoms with Gasteiger partial charge in [-0.15, -0.1) is 0 Å². The zero-order chi connectivity index (χ0) is 23.7. The first-order chi connectivity index (χ1) is 14.3. The van der Waals surface area contributed by atoms with Crippen LogP contribution >= 0.6 is 0 Å². The molecule has 0 spiro atoms. The molecule has 2 aliphatic carbocycles. The maximum Gasteiger partial charge on any atom is 0.333 e. The molecular formula is C25H36O6. The number of ether oxygens (including phenoxy) is 2. The van der Waals surface area contributed by atoms with Gasteiger partial charge in [0.15, 0.2) is 5.78 Å². The summed E-state index contributed by atoms with van der Waals surface area (Å²) in [5, 5.41) is 11.8. The summed E-state index contributed by atoms with van der Waals surface area (Å²) in [5.41, 5.74) is -0.935. The van der Waals surface area contributed by atoms with E-state index in [0.717, 1.165) is 5.57 Å². The molecule has 0 aromatic rings. The Hall–Kier alpha value is -2.21. The fraction of sp³-hybridized carbons (Fsp3) is 0.640. The molecule has 0 radical (unpaired) electrons. The van der Waals surface area contributed by atoms with E-state index in [-0.39, 0.29) is 18.1 Å². The highest BCUT2D eigenvalue weighted by Gasteiger charge is 2.68. The van der Waals surface area contributed by atoms with Gasteiger partial charge in [-0.3, -0.25) is 4.79 Å². The first-order valence-electron chi connectivity index (χ1n) is 10.9. The summed E-state index contributed by atoms with van der Waals surface area (Å²) < 4.78 is 11.7. The predicted molar refractivity (Wildman–Crippen MR) is 118 cm³/mol. The van der Waals surface area contributed by atoms with E-state index in [1.807, 2.05) is 20.8 Å². The molecule has 0 saturated heterocycles. The third-order valence-corrected chi connectivity index (χ3v) is 7.19. The van der Waals surface area contributed by atoms with Crippen molar-refractivity contribution >= 4 is 17.7 Å². The number of rotatable bonds is 5. The monoisotopic (exact) mass is 432 g/mol. The molecule has 2 rings (SSSR count). The highest BCUT2D eigenvalue weighted by Crippen LogP contribution is 2.58. The van der Waals surface area contributed by atoms with Crippen LogP contribution in [-0.4, -0.2) is 40.6 Å². The minimum Gasteiger partial charge on any atom is -0.458 e. The Balaban J connectivity index is 2.62. The van der Waals surface area contributed by atoms with Gasteiger partial charge in [0.1, 0.15) is 12.2 Å². The van der Waals surface area contributed by atoms with E-state index < -0.39 is 41.1 Å². The van der Waals surface area contributed by atoms with Crippen LogP contribution < -0.4 is 0 Å². The topological polar surface area (TPSA) is 89.9 Å². The molecule has 0 bridgehead atoms. The number of carbonyl (C=O) groups is 3. The predicted octanol–water partition coefficient (Wildman–Crippen LogP) is 4.07. The highest BCUT2D eigenvalue weighted by molar-refractivity contribution is 5.97. The zero-order valence-electron chi connectivity index (χ0n) is 19.9. The molecule has 0 unspecified atom stereocenters. The van der Waals surface area contributed by atoms with Crippen molar-refractivity contribution in [3.8, 4) is 0 Å². The first kappa shape index (κ1) is 25.1. The molecule has 6 heteroatoms. The Morgan fingerprint density at radius 3 is 2.13 bits per heavy atom. The van der Waals surface area contributed by atoms with Crippen molar-refractivity contribution in [1.29, 1.82) is 0 Å². The fourth-order valence-corrected chi connectivity index (χ4v) is 4.81. The van der Waals surface area contributed by atoms with Crippen molar-refractivity contribution in [3.05, 3.63) is 34.9 Å². The second-order valence-corrected chi connectivity index (χ2v) is 9.45. The van der Waals surface area contributed by atoms with Gasteiger partial charge in [0.05, 0.1) is 11.0 Å². The lowest BCUT2D eigenvalue weighted by Gasteiger charge is -2.42. The summed E-state index contributed by atoms with van der Waals surface area (Å²) in [7, 11) is 0. The van der Waals surface area contributed by atoms with Crippen LogP contribution in [0.5, 0.6) is 0 Å². The Morgan fingerprint density at radius 1 is 1.13 bits per heavy atom. The molecule has 6 nitrogen and oxygen atoms in total. The van der Waals surface area contributed by atoms with Crippen molar-refractivity contribution in [2.75, 3.05) is 0 Å². The van der Waals surface area contributed by atoms with Crippen LogP contribution in [0.25, 0.3) is 0 Å². The van der Waals surface area contributed by atoms with Gasteiger partial charge in [0.25, 0.3) is 0 Å². The molecular weight excluding hydrogens is 396 g/mol. The van der Waals surface area contributed by atoms with Crippen LogP contribution in [-0.2, 0) is 23.9 Å². The van der Waals surface area contributed by atoms with Gasteiger partial charge >= 0.3 is 11.9 Å². The molecule has 0 aliphatic heterocycles. The molecule has 0 heterocycles. The Morgan fingerprint density at radius 2 is 1.65 bits per heavy atom. The number of hydrogen-bond donors (Lipinski definition) is 1. The molecule has 31 heavy (non-hydrogen) atoms. The highest BCUT2D eigenvalue weighted by atomic mass is 16.6. The van der Waals surface area contributed by atoms with E-state index in [1.54, 1.807) is 52.8 Å². The van der Waals surface area contributed by atoms with Crippen molar-refractivity contribution in [1.82, 2.24) is 0 Å². The Labute approximate surface area is 185 Å². The van der Waals surface area contributed by atoms with Crippen molar-refractivity contribution in [2.24, 2.45) is 17.3 Å². The number of allylic oxidation sites excluding steroid dienone is 3. The maximum atomic E-state index is 13.4. The summed E-state index contributed by atoms with van der Waals surface area (Å²) in [6.45, 7) is 14.1. The third kappa shape index (κ3) is 4.40. The number of carbonyl (C=O) groups excluding carboxylic acids is 3. The molecule has 0 aromatic carbocycles. The second-order valence-electron chi connectivity index (χ2n) is 9.45. The van der Waals surface area contributed by atoms with Gasteiger partial charge < -0.3 is 14.6 Å². The minimum atomic E-state index is -1.35. The number of fused-ring (bicyclic) bond motifs is 1.